The van der Waals surface area contributed by atoms with Crippen molar-refractivity contribution in [2.75, 3.05) is 38.3 Å². The van der Waals surface area contributed by atoms with Crippen molar-refractivity contribution in [1.29, 1.82) is 0 Å². The molecule has 0 aliphatic rings. The number of nitrogens with one attached hydrogen (secondary N) is 2. The normalized spacial score (nSPS) is 11.3. The zero-order valence-electron chi connectivity index (χ0n) is 17.1. The number of amides is 1. The van der Waals surface area contributed by atoms with Crippen LogP contribution in [0.2, 0.25) is 0 Å². The van der Waals surface area contributed by atoms with E-state index in [4.69, 9.17) is 4.42 Å². The van der Waals surface area contributed by atoms with Crippen molar-refractivity contribution in [2.24, 2.45) is 0 Å². The smallest absolute Gasteiger partial charge is 0.408 e. The number of para-hydroxylation sites is 1. The largest absolute Gasteiger partial charge is 0.419 e. The lowest BCUT2D eigenvalue weighted by molar-refractivity contribution is 0.102. The van der Waals surface area contributed by atoms with E-state index in [1.807, 2.05) is 43.3 Å². The van der Waals surface area contributed by atoms with E-state index < -0.39 is 5.76 Å². The van der Waals surface area contributed by atoms with E-state index in [1.54, 1.807) is 35.9 Å². The van der Waals surface area contributed by atoms with Crippen LogP contribution in [0.3, 0.4) is 0 Å². The Morgan fingerprint density at radius 1 is 1.17 bits per heavy atom. The van der Waals surface area contributed by atoms with Crippen molar-refractivity contribution in [1.82, 2.24) is 14.5 Å². The van der Waals surface area contributed by atoms with Crippen LogP contribution in [0.5, 0.6) is 0 Å². The first kappa shape index (κ1) is 19.7. The van der Waals surface area contributed by atoms with Crippen LogP contribution >= 0.6 is 0 Å². The van der Waals surface area contributed by atoms with Gasteiger partial charge < -0.3 is 20.0 Å². The van der Waals surface area contributed by atoms with E-state index in [-0.39, 0.29) is 5.91 Å². The van der Waals surface area contributed by atoms with E-state index in [0.717, 1.165) is 10.9 Å². The predicted octanol–water partition coefficient (Wildman–Crippen LogP) is 3.00. The number of hydrogen-bond donors (Lipinski definition) is 2. The predicted molar refractivity (Wildman–Crippen MR) is 118 cm³/mol. The molecule has 4 aromatic rings. The van der Waals surface area contributed by atoms with E-state index in [9.17, 15) is 9.59 Å². The second-order valence-electron chi connectivity index (χ2n) is 7.28. The third kappa shape index (κ3) is 3.77. The minimum absolute atomic E-state index is 0.255. The molecule has 0 aliphatic heterocycles. The van der Waals surface area contributed by atoms with Crippen LogP contribution in [-0.2, 0) is 6.54 Å². The second-order valence-corrected chi connectivity index (χ2v) is 7.28. The highest BCUT2D eigenvalue weighted by Crippen LogP contribution is 2.23. The number of fused-ring (bicyclic) bond motifs is 2. The molecule has 0 aliphatic carbocycles. The van der Waals surface area contributed by atoms with Gasteiger partial charge in [0.15, 0.2) is 5.58 Å². The van der Waals surface area contributed by atoms with Crippen LogP contribution in [0.4, 0.5) is 11.5 Å². The van der Waals surface area contributed by atoms with Crippen LogP contribution < -0.4 is 16.4 Å². The fourth-order valence-electron chi connectivity index (χ4n) is 3.34. The van der Waals surface area contributed by atoms with E-state index >= 15 is 0 Å². The maximum atomic E-state index is 13.1. The monoisotopic (exact) mass is 405 g/mol. The second kappa shape index (κ2) is 8.00. The number of rotatable bonds is 6. The molecule has 2 heterocycles. The number of hydrogen-bond acceptors (Lipinski definition) is 6. The molecular formula is C22H23N5O3. The molecule has 2 aromatic carbocycles. The first-order valence-corrected chi connectivity index (χ1v) is 9.63. The quantitative estimate of drug-likeness (QED) is 0.512. The van der Waals surface area contributed by atoms with E-state index in [0.29, 0.717) is 41.3 Å². The molecule has 0 fully saturated rings. The van der Waals surface area contributed by atoms with Crippen molar-refractivity contribution in [3.8, 4) is 0 Å². The summed E-state index contributed by atoms with van der Waals surface area (Å²) in [6.07, 6.45) is 0. The number of carbonyl (C=O) groups is 1. The molecule has 8 heteroatoms. The van der Waals surface area contributed by atoms with Crippen LogP contribution in [0.15, 0.2) is 57.7 Å². The molecule has 2 N–H and O–H groups in total. The molecule has 2 aromatic heterocycles. The highest BCUT2D eigenvalue weighted by Gasteiger charge is 2.15. The minimum Gasteiger partial charge on any atom is -0.408 e. The van der Waals surface area contributed by atoms with Crippen molar-refractivity contribution in [2.45, 2.75) is 6.54 Å². The molecule has 8 nitrogen and oxygen atoms in total. The van der Waals surface area contributed by atoms with Crippen molar-refractivity contribution >= 4 is 39.4 Å². The van der Waals surface area contributed by atoms with Gasteiger partial charge in [-0.25, -0.2) is 9.78 Å². The number of aromatic nitrogens is 2. The van der Waals surface area contributed by atoms with Crippen molar-refractivity contribution in [3.05, 3.63) is 64.6 Å². The Balaban J connectivity index is 1.69. The van der Waals surface area contributed by atoms with Gasteiger partial charge in [0.2, 0.25) is 0 Å². The van der Waals surface area contributed by atoms with Crippen LogP contribution in [0, 0.1) is 0 Å². The van der Waals surface area contributed by atoms with Gasteiger partial charge in [0.1, 0.15) is 5.82 Å². The van der Waals surface area contributed by atoms with Gasteiger partial charge in [-0.2, -0.15) is 0 Å². The van der Waals surface area contributed by atoms with Crippen molar-refractivity contribution in [3.63, 3.8) is 0 Å². The summed E-state index contributed by atoms with van der Waals surface area (Å²) in [5.41, 5.74) is 2.97. The molecule has 4 rings (SSSR count). The van der Waals surface area contributed by atoms with Gasteiger partial charge in [-0.3, -0.25) is 9.36 Å². The summed E-state index contributed by atoms with van der Waals surface area (Å²) in [7, 11) is 5.65. The summed E-state index contributed by atoms with van der Waals surface area (Å²) >= 11 is 0. The number of benzene rings is 2. The van der Waals surface area contributed by atoms with Crippen LogP contribution in [0.1, 0.15) is 10.4 Å². The Kier molecular flexibility index (Phi) is 5.24. The highest BCUT2D eigenvalue weighted by atomic mass is 16.4. The zero-order chi connectivity index (χ0) is 21.3. The molecule has 0 bridgehead atoms. The summed E-state index contributed by atoms with van der Waals surface area (Å²) in [6, 6.07) is 14.4. The number of carbonyl (C=O) groups excluding carboxylic acids is 1. The van der Waals surface area contributed by atoms with E-state index in [2.05, 4.69) is 15.6 Å². The molecule has 154 valence electrons. The fourth-order valence-corrected chi connectivity index (χ4v) is 3.34. The Hall–Kier alpha value is -3.65. The minimum atomic E-state index is -0.408. The third-order valence-electron chi connectivity index (χ3n) is 4.91. The molecule has 0 saturated carbocycles. The Labute approximate surface area is 173 Å². The molecule has 0 radical (unpaired) electrons. The Morgan fingerprint density at radius 2 is 1.97 bits per heavy atom. The number of anilines is 2. The zero-order valence-corrected chi connectivity index (χ0v) is 17.1. The average molecular weight is 405 g/mol. The molecule has 30 heavy (non-hydrogen) atoms. The molecule has 1 amide bonds. The molecule has 0 unspecified atom stereocenters. The van der Waals surface area contributed by atoms with Gasteiger partial charge >= 0.3 is 5.76 Å². The lowest BCUT2D eigenvalue weighted by Gasteiger charge is -2.11. The lowest BCUT2D eigenvalue weighted by Crippen LogP contribution is -2.23. The van der Waals surface area contributed by atoms with Gasteiger partial charge in [-0.1, -0.05) is 18.2 Å². The maximum Gasteiger partial charge on any atom is 0.419 e. The summed E-state index contributed by atoms with van der Waals surface area (Å²) in [5, 5.41) is 6.69. The number of pyridine rings is 1. The SMILES string of the molecule is CNc1cc(C(=O)Nc2ccc3oc(=O)n(CCN(C)C)c3c2)c2ccccc2n1. The van der Waals surface area contributed by atoms with Gasteiger partial charge in [0, 0.05) is 31.2 Å². The summed E-state index contributed by atoms with van der Waals surface area (Å²) in [5.74, 6) is -0.0501. The molecule has 0 spiro atoms. The fraction of sp³-hybridized carbons (Fsp3) is 0.227. The summed E-state index contributed by atoms with van der Waals surface area (Å²) in [4.78, 5) is 31.8. The van der Waals surface area contributed by atoms with Gasteiger partial charge in [0.05, 0.1) is 16.6 Å². The van der Waals surface area contributed by atoms with Crippen LogP contribution in [0.25, 0.3) is 22.0 Å². The molecule has 0 atom stereocenters. The summed E-state index contributed by atoms with van der Waals surface area (Å²) in [6.45, 7) is 1.19. The summed E-state index contributed by atoms with van der Waals surface area (Å²) < 4.78 is 6.90. The Bertz CT molecular complexity index is 1290. The van der Waals surface area contributed by atoms with Gasteiger partial charge in [-0.15, -0.1) is 0 Å². The third-order valence-corrected chi connectivity index (χ3v) is 4.91. The molecular weight excluding hydrogens is 382 g/mol. The lowest BCUT2D eigenvalue weighted by atomic mass is 10.1. The Morgan fingerprint density at radius 3 is 2.73 bits per heavy atom. The topological polar surface area (TPSA) is 92.4 Å². The number of nitrogens with zero attached hydrogens (tertiary/aromatic N) is 3. The van der Waals surface area contributed by atoms with E-state index in [1.165, 1.54) is 0 Å². The standard InChI is InChI=1S/C22H23N5O3/c1-23-20-13-16(15-6-4-5-7-17(15)25-20)21(28)24-14-8-9-19-18(12-14)27(22(29)30-19)11-10-26(2)3/h4-9,12-13H,10-11H2,1-3H3,(H,23,25)(H,24,28). The number of likely N-dealkylation sites (N-methyl/N-ethyl adjacent to an activating group) is 1. The van der Waals surface area contributed by atoms with Crippen LogP contribution in [-0.4, -0.2) is 48.0 Å². The number of oxazole rings is 1. The van der Waals surface area contributed by atoms with Crippen molar-refractivity contribution < 1.29 is 9.21 Å². The first-order valence-electron chi connectivity index (χ1n) is 9.63. The van der Waals surface area contributed by atoms with Gasteiger partial charge in [0.25, 0.3) is 5.91 Å². The first-order chi connectivity index (χ1) is 14.5. The maximum absolute atomic E-state index is 13.1. The highest BCUT2D eigenvalue weighted by molar-refractivity contribution is 6.13. The average Bonchev–Trinajstić information content (AvgIpc) is 3.05. The van der Waals surface area contributed by atoms with Gasteiger partial charge in [-0.05, 0) is 44.4 Å². The molecule has 0 saturated heterocycles.